The highest BCUT2D eigenvalue weighted by Gasteiger charge is 2.30. The van der Waals surface area contributed by atoms with Gasteiger partial charge in [-0.3, -0.25) is 37.3 Å². The molecular weight excluding hydrogens is 1290 g/mol. The Morgan fingerprint density at radius 1 is 0.283 bits per heavy atom. The van der Waals surface area contributed by atoms with Crippen molar-refractivity contribution < 1.29 is 80.2 Å². The summed E-state index contributed by atoms with van der Waals surface area (Å²) in [6.45, 7) is 14.2. The van der Waals surface area contributed by atoms with Crippen LogP contribution in [0, 0.1) is 23.7 Å². The zero-order valence-electron chi connectivity index (χ0n) is 65.1. The third-order valence-corrected chi connectivity index (χ3v) is 20.8. The third-order valence-electron chi connectivity index (χ3n) is 18.9. The predicted molar refractivity (Wildman–Crippen MR) is 404 cm³/mol. The number of ether oxygens (including phenoxy) is 4. The summed E-state index contributed by atoms with van der Waals surface area (Å²) in [6, 6.07) is 0. The number of unbranched alkanes of at least 4 members (excludes halogenated alkanes) is 42. The molecule has 0 saturated heterocycles. The fourth-order valence-corrected chi connectivity index (χ4v) is 13.8. The first-order valence-electron chi connectivity index (χ1n) is 41.2. The van der Waals surface area contributed by atoms with Crippen molar-refractivity contribution in [2.24, 2.45) is 23.7 Å². The number of carbonyl (C=O) groups excluding carboxylic acids is 4. The maximum absolute atomic E-state index is 13.1. The standard InChI is InChI=1S/C80H156O17P2/c1-9-73(8)59-51-43-35-29-30-38-47-55-63-80(85)97-75(66-90-77(82)60-52-44-36-27-23-19-15-13-11-10-12-14-17-21-25-32-40-48-56-70(2)3)68-94-98(86,87)92-64-74(81)65-93-99(88,89)95-69-76(67-91-78(83)61-53-45-39-31-34-42-50-58-72(6)7)96-79(84)62-54-46-37-28-24-20-16-18-22-26-33-41-49-57-71(4)5/h70-76,81H,9-69H2,1-8H3,(H,86,87)(H,88,89)/t73?,74?,75-,76-/m1/s1. The lowest BCUT2D eigenvalue weighted by molar-refractivity contribution is -0.161. The van der Waals surface area contributed by atoms with Gasteiger partial charge in [-0.05, 0) is 49.4 Å². The third kappa shape index (κ3) is 72.8. The molecule has 17 nitrogen and oxygen atoms in total. The smallest absolute Gasteiger partial charge is 0.462 e. The van der Waals surface area contributed by atoms with Crippen molar-refractivity contribution in [2.45, 2.75) is 427 Å². The quantitative estimate of drug-likeness (QED) is 0.0222. The summed E-state index contributed by atoms with van der Waals surface area (Å²) < 4.78 is 68.6. The van der Waals surface area contributed by atoms with Gasteiger partial charge in [-0.25, -0.2) is 9.13 Å². The Kier molecular flexibility index (Phi) is 67.8. The lowest BCUT2D eigenvalue weighted by Crippen LogP contribution is -2.30. The molecule has 0 spiro atoms. The summed E-state index contributed by atoms with van der Waals surface area (Å²) >= 11 is 0. The summed E-state index contributed by atoms with van der Waals surface area (Å²) in [5.41, 5.74) is 0. The number of rotatable bonds is 77. The Hall–Kier alpha value is -1.94. The summed E-state index contributed by atoms with van der Waals surface area (Å²) in [5, 5.41) is 10.6. The summed E-state index contributed by atoms with van der Waals surface area (Å²) in [5.74, 6) is 0.966. The van der Waals surface area contributed by atoms with Crippen LogP contribution in [0.2, 0.25) is 0 Å². The van der Waals surface area contributed by atoms with Crippen LogP contribution in [0.3, 0.4) is 0 Å². The molecule has 0 aromatic carbocycles. The Bertz CT molecular complexity index is 1940. The Morgan fingerprint density at radius 3 is 0.717 bits per heavy atom. The van der Waals surface area contributed by atoms with E-state index in [1.807, 2.05) is 0 Å². The van der Waals surface area contributed by atoms with Gasteiger partial charge in [-0.1, -0.05) is 357 Å². The molecule has 19 heteroatoms. The normalized spacial score (nSPS) is 14.3. The number of phosphoric ester groups is 2. The second-order valence-corrected chi connectivity index (χ2v) is 33.4. The highest BCUT2D eigenvalue weighted by molar-refractivity contribution is 7.47. The summed E-state index contributed by atoms with van der Waals surface area (Å²) in [4.78, 5) is 72.9. The van der Waals surface area contributed by atoms with Gasteiger partial charge in [-0.2, -0.15) is 0 Å². The van der Waals surface area contributed by atoms with Crippen molar-refractivity contribution in [1.82, 2.24) is 0 Å². The van der Waals surface area contributed by atoms with E-state index in [2.05, 4.69) is 55.4 Å². The number of carbonyl (C=O) groups is 4. The van der Waals surface area contributed by atoms with Crippen LogP contribution in [0.4, 0.5) is 0 Å². The van der Waals surface area contributed by atoms with Crippen LogP contribution in [-0.4, -0.2) is 96.7 Å². The first kappa shape index (κ1) is 97.1. The first-order valence-corrected chi connectivity index (χ1v) is 44.2. The molecule has 0 rings (SSSR count). The Labute approximate surface area is 607 Å². The molecule has 6 atom stereocenters. The van der Waals surface area contributed by atoms with Crippen LogP contribution in [0.15, 0.2) is 0 Å². The maximum atomic E-state index is 13.1. The van der Waals surface area contributed by atoms with Gasteiger partial charge in [0.25, 0.3) is 0 Å². The van der Waals surface area contributed by atoms with Crippen molar-refractivity contribution >= 4 is 39.5 Å². The van der Waals surface area contributed by atoms with E-state index in [-0.39, 0.29) is 25.7 Å². The van der Waals surface area contributed by atoms with Gasteiger partial charge in [0.15, 0.2) is 12.2 Å². The molecule has 588 valence electrons. The van der Waals surface area contributed by atoms with E-state index in [9.17, 15) is 43.2 Å². The average molecular weight is 1450 g/mol. The second kappa shape index (κ2) is 69.1. The second-order valence-electron chi connectivity index (χ2n) is 30.5. The zero-order valence-corrected chi connectivity index (χ0v) is 66.9. The van der Waals surface area contributed by atoms with Gasteiger partial charge in [0.2, 0.25) is 0 Å². The van der Waals surface area contributed by atoms with Crippen LogP contribution in [-0.2, 0) is 65.4 Å². The molecule has 3 N–H and O–H groups in total. The number of esters is 4. The van der Waals surface area contributed by atoms with E-state index in [4.69, 9.17) is 37.0 Å². The van der Waals surface area contributed by atoms with Crippen LogP contribution < -0.4 is 0 Å². The molecule has 0 heterocycles. The highest BCUT2D eigenvalue weighted by Crippen LogP contribution is 2.45. The molecule has 4 unspecified atom stereocenters. The lowest BCUT2D eigenvalue weighted by Gasteiger charge is -2.21. The first-order chi connectivity index (χ1) is 47.6. The van der Waals surface area contributed by atoms with E-state index < -0.39 is 97.5 Å². The van der Waals surface area contributed by atoms with Crippen molar-refractivity contribution in [3.05, 3.63) is 0 Å². The minimum Gasteiger partial charge on any atom is -0.462 e. The number of phosphoric acid groups is 2. The van der Waals surface area contributed by atoms with Crippen molar-refractivity contribution in [1.29, 1.82) is 0 Å². The minimum atomic E-state index is -4.96. The summed E-state index contributed by atoms with van der Waals surface area (Å²) in [6.07, 6.45) is 55.6. The van der Waals surface area contributed by atoms with E-state index in [1.54, 1.807) is 0 Å². The average Bonchev–Trinajstić information content (AvgIpc) is 0.990. The number of aliphatic hydroxyl groups excluding tert-OH is 1. The van der Waals surface area contributed by atoms with Gasteiger partial charge >= 0.3 is 39.5 Å². The molecule has 0 fully saturated rings. The molecule has 0 radical (unpaired) electrons. The van der Waals surface area contributed by atoms with E-state index in [0.29, 0.717) is 31.6 Å². The van der Waals surface area contributed by atoms with Crippen LogP contribution in [0.25, 0.3) is 0 Å². The molecule has 0 aliphatic rings. The molecule has 0 bridgehead atoms. The Balaban J connectivity index is 5.18. The predicted octanol–water partition coefficient (Wildman–Crippen LogP) is 23.6. The van der Waals surface area contributed by atoms with Gasteiger partial charge in [0, 0.05) is 25.7 Å². The largest absolute Gasteiger partial charge is 0.472 e. The minimum absolute atomic E-state index is 0.105. The van der Waals surface area contributed by atoms with E-state index >= 15 is 0 Å². The highest BCUT2D eigenvalue weighted by atomic mass is 31.2. The maximum Gasteiger partial charge on any atom is 0.472 e. The van der Waals surface area contributed by atoms with Crippen LogP contribution in [0.5, 0.6) is 0 Å². The zero-order chi connectivity index (χ0) is 73.1. The lowest BCUT2D eigenvalue weighted by atomic mass is 9.99. The number of hydrogen-bond donors (Lipinski definition) is 3. The van der Waals surface area contributed by atoms with Crippen LogP contribution in [0.1, 0.15) is 409 Å². The van der Waals surface area contributed by atoms with Gasteiger partial charge in [-0.15, -0.1) is 0 Å². The van der Waals surface area contributed by atoms with Gasteiger partial charge in [0.05, 0.1) is 26.4 Å². The van der Waals surface area contributed by atoms with Crippen LogP contribution >= 0.6 is 15.6 Å². The monoisotopic (exact) mass is 1450 g/mol. The number of aliphatic hydroxyl groups is 1. The van der Waals surface area contributed by atoms with E-state index in [0.717, 1.165) is 114 Å². The molecule has 0 aliphatic carbocycles. The van der Waals surface area contributed by atoms with E-state index in [1.165, 1.54) is 205 Å². The fourth-order valence-electron chi connectivity index (χ4n) is 12.2. The number of hydrogen-bond acceptors (Lipinski definition) is 15. The fraction of sp³-hybridized carbons (Fsp3) is 0.950. The molecule has 0 aromatic rings. The topological polar surface area (TPSA) is 237 Å². The molecule has 0 saturated carbocycles. The molecule has 0 amide bonds. The van der Waals surface area contributed by atoms with Crippen molar-refractivity contribution in [2.75, 3.05) is 39.6 Å². The van der Waals surface area contributed by atoms with Crippen molar-refractivity contribution in [3.8, 4) is 0 Å². The van der Waals surface area contributed by atoms with Gasteiger partial charge < -0.3 is 33.8 Å². The molecule has 0 aromatic heterocycles. The van der Waals surface area contributed by atoms with Crippen molar-refractivity contribution in [3.63, 3.8) is 0 Å². The molecule has 99 heavy (non-hydrogen) atoms. The molecule has 0 aliphatic heterocycles. The summed E-state index contributed by atoms with van der Waals surface area (Å²) in [7, 11) is -9.92. The SMILES string of the molecule is CCC(C)CCCCCCCCCCC(=O)O[C@H](COC(=O)CCCCCCCCCCCCCCCCCCCCC(C)C)COP(=O)(O)OCC(O)COP(=O)(O)OC[C@@H](COC(=O)CCCCCCCCCC(C)C)OC(=O)CCCCCCCCCCCCCCCC(C)C. The molecular formula is C80H156O17P2. The Morgan fingerprint density at radius 2 is 0.485 bits per heavy atom. The van der Waals surface area contributed by atoms with Gasteiger partial charge in [0.1, 0.15) is 19.3 Å².